The molecular formula is C21H25NO5S2. The molecule has 0 aliphatic carbocycles. The van der Waals surface area contributed by atoms with Gasteiger partial charge < -0.3 is 4.74 Å². The number of benzene rings is 2. The van der Waals surface area contributed by atoms with E-state index in [2.05, 4.69) is 30.7 Å². The third-order valence-electron chi connectivity index (χ3n) is 3.99. The molecule has 0 fully saturated rings. The summed E-state index contributed by atoms with van der Waals surface area (Å²) < 4.78 is 34.0. The van der Waals surface area contributed by atoms with E-state index in [1.54, 1.807) is 24.3 Å². The number of rotatable bonds is 5. The highest BCUT2D eigenvalue weighted by Crippen LogP contribution is 2.24. The third-order valence-corrected chi connectivity index (χ3v) is 5.92. The van der Waals surface area contributed by atoms with E-state index in [-0.39, 0.29) is 16.2 Å². The number of carbonyl (C=O) groups excluding carboxylic acids is 1. The van der Waals surface area contributed by atoms with E-state index in [1.807, 2.05) is 31.2 Å². The molecular weight excluding hydrogens is 410 g/mol. The lowest BCUT2D eigenvalue weighted by molar-refractivity contribution is -0.132. The minimum atomic E-state index is -4.03. The fourth-order valence-corrected chi connectivity index (χ4v) is 3.95. The van der Waals surface area contributed by atoms with Crippen LogP contribution >= 0.6 is 11.8 Å². The van der Waals surface area contributed by atoms with Crippen LogP contribution in [0.1, 0.15) is 37.5 Å². The van der Waals surface area contributed by atoms with Crippen LogP contribution in [0.2, 0.25) is 0 Å². The lowest BCUT2D eigenvalue weighted by Gasteiger charge is -2.19. The second-order valence-electron chi connectivity index (χ2n) is 7.53. The van der Waals surface area contributed by atoms with E-state index in [0.717, 1.165) is 22.9 Å². The molecule has 0 amide bonds. The summed E-state index contributed by atoms with van der Waals surface area (Å²) in [6, 6.07) is 14.6. The van der Waals surface area contributed by atoms with Gasteiger partial charge in [-0.3, -0.25) is 4.28 Å². The van der Waals surface area contributed by atoms with Gasteiger partial charge in [-0.1, -0.05) is 79.7 Å². The normalized spacial score (nSPS) is 12.5. The Morgan fingerprint density at radius 1 is 1.03 bits per heavy atom. The van der Waals surface area contributed by atoms with Gasteiger partial charge in [-0.25, -0.2) is 4.79 Å². The number of methoxy groups -OCH3 is 1. The molecule has 6 nitrogen and oxygen atoms in total. The average Bonchev–Trinajstić information content (AvgIpc) is 2.65. The summed E-state index contributed by atoms with van der Waals surface area (Å²) >= 11 is 0.968. The second kappa shape index (κ2) is 9.45. The minimum Gasteiger partial charge on any atom is -0.464 e. The minimum absolute atomic E-state index is 0.0270. The Morgan fingerprint density at radius 3 is 2.14 bits per heavy atom. The van der Waals surface area contributed by atoms with Crippen molar-refractivity contribution in [1.29, 1.82) is 0 Å². The molecule has 0 heterocycles. The van der Waals surface area contributed by atoms with Gasteiger partial charge in [0.25, 0.3) is 0 Å². The van der Waals surface area contributed by atoms with Crippen LogP contribution < -0.4 is 0 Å². The second-order valence-corrected chi connectivity index (χ2v) is 10.1. The van der Waals surface area contributed by atoms with Gasteiger partial charge in [0.15, 0.2) is 0 Å². The summed E-state index contributed by atoms with van der Waals surface area (Å²) in [6.45, 7) is 8.18. The lowest BCUT2D eigenvalue weighted by atomic mass is 9.87. The Balaban J connectivity index is 2.13. The fraction of sp³-hybridized carbons (Fsp3) is 0.333. The van der Waals surface area contributed by atoms with Gasteiger partial charge in [0.05, 0.1) is 7.11 Å². The molecule has 29 heavy (non-hydrogen) atoms. The van der Waals surface area contributed by atoms with Crippen LogP contribution in [0, 0.1) is 6.92 Å². The Bertz CT molecular complexity index is 973. The van der Waals surface area contributed by atoms with Gasteiger partial charge in [-0.2, -0.15) is 8.42 Å². The van der Waals surface area contributed by atoms with Gasteiger partial charge in [0, 0.05) is 4.90 Å². The molecule has 0 bridgehead atoms. The van der Waals surface area contributed by atoms with Crippen molar-refractivity contribution in [2.24, 2.45) is 5.16 Å². The summed E-state index contributed by atoms with van der Waals surface area (Å²) in [5.41, 5.74) is 2.70. The van der Waals surface area contributed by atoms with Gasteiger partial charge >= 0.3 is 16.1 Å². The Morgan fingerprint density at radius 2 is 1.62 bits per heavy atom. The maximum absolute atomic E-state index is 12.3. The van der Waals surface area contributed by atoms with Gasteiger partial charge in [0.1, 0.15) is 5.75 Å². The Hall–Kier alpha value is -2.32. The van der Waals surface area contributed by atoms with Crippen LogP contribution in [0.25, 0.3) is 0 Å². The summed E-state index contributed by atoms with van der Waals surface area (Å²) in [4.78, 5) is 12.6. The highest BCUT2D eigenvalue weighted by Gasteiger charge is 2.20. The van der Waals surface area contributed by atoms with Crippen LogP contribution in [0.15, 0.2) is 58.6 Å². The number of oxime groups is 1. The molecule has 2 aromatic carbocycles. The molecule has 0 saturated heterocycles. The summed E-state index contributed by atoms with van der Waals surface area (Å²) in [5, 5.41) is 3.35. The molecule has 0 aromatic heterocycles. The lowest BCUT2D eigenvalue weighted by Crippen LogP contribution is -2.15. The fourth-order valence-electron chi connectivity index (χ4n) is 2.32. The van der Waals surface area contributed by atoms with Crippen LogP contribution in [-0.4, -0.2) is 26.5 Å². The number of esters is 1. The van der Waals surface area contributed by atoms with Crippen molar-refractivity contribution in [2.45, 2.75) is 43.8 Å². The van der Waals surface area contributed by atoms with Crippen molar-refractivity contribution in [3.05, 3.63) is 65.2 Å². The maximum atomic E-state index is 12.3. The maximum Gasteiger partial charge on any atom is 0.367 e. The Labute approximate surface area is 176 Å². The zero-order valence-corrected chi connectivity index (χ0v) is 18.8. The molecule has 0 saturated carbocycles. The number of hydrogen-bond donors (Lipinski definition) is 0. The predicted molar refractivity (Wildman–Crippen MR) is 115 cm³/mol. The van der Waals surface area contributed by atoms with Crippen molar-refractivity contribution in [1.82, 2.24) is 0 Å². The quantitative estimate of drug-likeness (QED) is 0.227. The first-order valence-electron chi connectivity index (χ1n) is 8.92. The molecule has 0 spiro atoms. The monoisotopic (exact) mass is 435 g/mol. The van der Waals surface area contributed by atoms with Gasteiger partial charge in [-0.05, 0) is 35.6 Å². The van der Waals surface area contributed by atoms with Crippen LogP contribution in [0.3, 0.4) is 0 Å². The smallest absolute Gasteiger partial charge is 0.367 e. The molecule has 0 unspecified atom stereocenters. The zero-order valence-electron chi connectivity index (χ0n) is 17.1. The molecule has 0 aliphatic rings. The summed E-state index contributed by atoms with van der Waals surface area (Å²) in [7, 11) is -2.83. The largest absolute Gasteiger partial charge is 0.464 e. The van der Waals surface area contributed by atoms with E-state index >= 15 is 0 Å². The van der Waals surface area contributed by atoms with Crippen molar-refractivity contribution in [3.8, 4) is 0 Å². The zero-order chi connectivity index (χ0) is 21.7. The standard InChI is InChI=1S/C21H25NO5S2/c1-15-6-12-18(13-7-15)28-19(20(23)26-5)22-27-29(24,25)14-16-8-10-17(11-9-16)21(2,3)4/h6-13H,14H2,1-5H3. The van der Waals surface area contributed by atoms with Gasteiger partial charge in [-0.15, -0.1) is 0 Å². The molecule has 2 aromatic rings. The molecule has 156 valence electrons. The number of carbonyl (C=O) groups is 1. The molecule has 0 atom stereocenters. The van der Waals surface area contributed by atoms with E-state index < -0.39 is 16.1 Å². The van der Waals surface area contributed by atoms with Crippen LogP contribution in [0.4, 0.5) is 0 Å². The van der Waals surface area contributed by atoms with Crippen molar-refractivity contribution in [3.63, 3.8) is 0 Å². The Kier molecular flexibility index (Phi) is 7.48. The van der Waals surface area contributed by atoms with Crippen LogP contribution in [-0.2, 0) is 35.1 Å². The highest BCUT2D eigenvalue weighted by atomic mass is 32.2. The van der Waals surface area contributed by atoms with E-state index in [0.29, 0.717) is 10.5 Å². The molecule has 8 heteroatoms. The van der Waals surface area contributed by atoms with Crippen molar-refractivity contribution >= 4 is 32.9 Å². The number of nitrogens with zero attached hydrogens (tertiary/aromatic N) is 1. The average molecular weight is 436 g/mol. The highest BCUT2D eigenvalue weighted by molar-refractivity contribution is 8.15. The number of thioether (sulfide) groups is 1. The first-order valence-corrected chi connectivity index (χ1v) is 11.3. The van der Waals surface area contributed by atoms with Crippen molar-refractivity contribution < 1.29 is 22.2 Å². The molecule has 0 aliphatic heterocycles. The summed E-state index contributed by atoms with van der Waals surface area (Å²) in [5.74, 6) is -1.13. The summed E-state index contributed by atoms with van der Waals surface area (Å²) in [6.07, 6.45) is 0. The SMILES string of the molecule is COC(=O)C(=NOS(=O)(=O)Cc1ccc(C(C)(C)C)cc1)Sc1ccc(C)cc1. The molecule has 0 radical (unpaired) electrons. The molecule has 0 N–H and O–H groups in total. The number of aryl methyl sites for hydroxylation is 1. The first-order chi connectivity index (χ1) is 13.5. The first kappa shape index (κ1) is 23.0. The third kappa shape index (κ3) is 7.21. The van der Waals surface area contributed by atoms with Crippen molar-refractivity contribution in [2.75, 3.05) is 7.11 Å². The molecule has 2 rings (SSSR count). The topological polar surface area (TPSA) is 82.0 Å². The van der Waals surface area contributed by atoms with E-state index in [4.69, 9.17) is 4.28 Å². The predicted octanol–water partition coefficient (Wildman–Crippen LogP) is 4.42. The van der Waals surface area contributed by atoms with Crippen LogP contribution in [0.5, 0.6) is 0 Å². The number of ether oxygens (including phenoxy) is 1. The van der Waals surface area contributed by atoms with E-state index in [1.165, 1.54) is 7.11 Å². The van der Waals surface area contributed by atoms with E-state index in [9.17, 15) is 13.2 Å². The van der Waals surface area contributed by atoms with Gasteiger partial charge in [0.2, 0.25) is 5.04 Å². The number of hydrogen-bond acceptors (Lipinski definition) is 7.